The lowest BCUT2D eigenvalue weighted by Gasteiger charge is -2.46. The number of fused-ring (bicyclic) bond motifs is 4. The van der Waals surface area contributed by atoms with Crippen molar-refractivity contribution in [1.82, 2.24) is 5.32 Å². The number of halogens is 2. The van der Waals surface area contributed by atoms with E-state index >= 15 is 0 Å². The fraction of sp³-hybridized carbons (Fsp3) is 0.250. The maximum Gasteiger partial charge on any atom is 0.139 e. The Hall–Kier alpha value is -0.630. The molecule has 2 heterocycles. The van der Waals surface area contributed by atoms with Gasteiger partial charge in [-0.05, 0) is 46.9 Å². The molecule has 1 spiro atoms. The van der Waals surface area contributed by atoms with Crippen LogP contribution in [0.3, 0.4) is 0 Å². The van der Waals surface area contributed by atoms with E-state index in [0.29, 0.717) is 6.61 Å². The number of morpholine rings is 1. The predicted molar refractivity (Wildman–Crippen MR) is 93.1 cm³/mol. The molecule has 2 aliphatic heterocycles. The van der Waals surface area contributed by atoms with E-state index in [-0.39, 0.29) is 5.01 Å². The zero-order valence-corrected chi connectivity index (χ0v) is 14.8. The van der Waals surface area contributed by atoms with Gasteiger partial charge in [-0.1, -0.05) is 34.1 Å². The molecule has 2 atom stereocenters. The molecule has 2 aliphatic rings. The molecule has 4 rings (SSSR count). The van der Waals surface area contributed by atoms with E-state index in [1.54, 1.807) is 0 Å². The second-order valence-electron chi connectivity index (χ2n) is 5.16. The summed E-state index contributed by atoms with van der Waals surface area (Å²) in [6.07, 6.45) is 0. The summed E-state index contributed by atoms with van der Waals surface area (Å²) in [5.74, 6) is 1.77. The number of ether oxygens (including phenoxy) is 2. The highest BCUT2D eigenvalue weighted by atomic mass is 127. The van der Waals surface area contributed by atoms with Gasteiger partial charge < -0.3 is 9.47 Å². The molecule has 0 saturated carbocycles. The summed E-state index contributed by atoms with van der Waals surface area (Å²) >= 11 is 6.06. The van der Waals surface area contributed by atoms with Gasteiger partial charge in [0.05, 0.1) is 6.61 Å². The first-order chi connectivity index (χ1) is 10.2. The molecule has 2 aromatic rings. The van der Waals surface area contributed by atoms with Gasteiger partial charge in [0.15, 0.2) is 0 Å². The number of para-hydroxylation sites is 1. The molecule has 1 unspecified atom stereocenters. The van der Waals surface area contributed by atoms with Gasteiger partial charge in [0.2, 0.25) is 0 Å². The Kier molecular flexibility index (Phi) is 3.48. The molecule has 3 nitrogen and oxygen atoms in total. The minimum Gasteiger partial charge on any atom is -0.457 e. The van der Waals surface area contributed by atoms with Crippen LogP contribution in [0.2, 0.25) is 0 Å². The van der Waals surface area contributed by atoms with Crippen LogP contribution >= 0.6 is 38.5 Å². The molecule has 0 amide bonds. The second kappa shape index (κ2) is 5.22. The van der Waals surface area contributed by atoms with Crippen molar-refractivity contribution < 1.29 is 9.47 Å². The van der Waals surface area contributed by atoms with E-state index in [1.807, 2.05) is 24.3 Å². The summed E-state index contributed by atoms with van der Waals surface area (Å²) in [6.45, 7) is 1.50. The highest BCUT2D eigenvalue weighted by Crippen LogP contribution is 2.51. The highest BCUT2D eigenvalue weighted by Gasteiger charge is 2.49. The topological polar surface area (TPSA) is 30.5 Å². The largest absolute Gasteiger partial charge is 0.457 e. The Labute approximate surface area is 145 Å². The van der Waals surface area contributed by atoms with Gasteiger partial charge in [0, 0.05) is 21.2 Å². The smallest absolute Gasteiger partial charge is 0.139 e. The van der Waals surface area contributed by atoms with Crippen molar-refractivity contribution in [3.05, 3.63) is 57.2 Å². The summed E-state index contributed by atoms with van der Waals surface area (Å²) in [4.78, 5) is 0. The zero-order valence-electron chi connectivity index (χ0n) is 11.1. The fourth-order valence-corrected chi connectivity index (χ4v) is 4.43. The first kappa shape index (κ1) is 14.0. The highest BCUT2D eigenvalue weighted by molar-refractivity contribution is 14.1. The lowest BCUT2D eigenvalue weighted by atomic mass is 9.80. The van der Waals surface area contributed by atoms with E-state index in [4.69, 9.17) is 9.47 Å². The molecule has 5 heteroatoms. The standard InChI is InChI=1S/C16H13BrINO2/c17-15-16(19-7-8-20-15)11-3-1-2-4-13(11)21-14-6-5-10(18)9-12(14)16/h1-6,9,15,19H,7-8H2/t15?,16-/m0/s1. The lowest BCUT2D eigenvalue weighted by Crippen LogP contribution is -2.57. The molecule has 2 aromatic carbocycles. The van der Waals surface area contributed by atoms with Crippen molar-refractivity contribution >= 4 is 38.5 Å². The maximum absolute atomic E-state index is 6.09. The van der Waals surface area contributed by atoms with Gasteiger partial charge in [-0.15, -0.1) is 0 Å². The third kappa shape index (κ3) is 2.05. The van der Waals surface area contributed by atoms with Gasteiger partial charge >= 0.3 is 0 Å². The van der Waals surface area contributed by atoms with Crippen LogP contribution in [0.5, 0.6) is 11.5 Å². The minimum absolute atomic E-state index is 0.138. The second-order valence-corrected chi connectivity index (χ2v) is 7.24. The SMILES string of the molecule is BrC1OCCN[C@]12c1ccccc1Oc1ccc(I)cc12. The molecular formula is C16H13BrINO2. The van der Waals surface area contributed by atoms with Crippen LogP contribution in [0.15, 0.2) is 42.5 Å². The average molecular weight is 458 g/mol. The van der Waals surface area contributed by atoms with E-state index in [2.05, 4.69) is 62.0 Å². The Morgan fingerprint density at radius 1 is 1.14 bits per heavy atom. The number of benzene rings is 2. The van der Waals surface area contributed by atoms with Gasteiger partial charge in [-0.25, -0.2) is 0 Å². The van der Waals surface area contributed by atoms with Gasteiger partial charge in [0.1, 0.15) is 22.1 Å². The van der Waals surface area contributed by atoms with Gasteiger partial charge in [0.25, 0.3) is 0 Å². The Balaban J connectivity index is 2.02. The summed E-state index contributed by atoms with van der Waals surface area (Å²) < 4.78 is 13.2. The molecular weight excluding hydrogens is 445 g/mol. The summed E-state index contributed by atoms with van der Waals surface area (Å²) in [7, 11) is 0. The number of hydrogen-bond donors (Lipinski definition) is 1. The van der Waals surface area contributed by atoms with Crippen LogP contribution in [0.4, 0.5) is 0 Å². The number of nitrogens with one attached hydrogen (secondary N) is 1. The average Bonchev–Trinajstić information content (AvgIpc) is 2.51. The third-order valence-electron chi connectivity index (χ3n) is 4.01. The Morgan fingerprint density at radius 2 is 1.95 bits per heavy atom. The fourth-order valence-electron chi connectivity index (χ4n) is 3.10. The van der Waals surface area contributed by atoms with Gasteiger partial charge in [-0.2, -0.15) is 0 Å². The van der Waals surface area contributed by atoms with Crippen LogP contribution in [-0.2, 0) is 10.3 Å². The normalized spacial score (nSPS) is 26.9. The van der Waals surface area contributed by atoms with Crippen molar-refractivity contribution in [3.63, 3.8) is 0 Å². The number of rotatable bonds is 0. The van der Waals surface area contributed by atoms with Crippen LogP contribution in [0.1, 0.15) is 11.1 Å². The summed E-state index contributed by atoms with van der Waals surface area (Å²) in [6, 6.07) is 14.4. The molecule has 1 saturated heterocycles. The monoisotopic (exact) mass is 457 g/mol. The Bertz CT molecular complexity index is 708. The molecule has 0 radical (unpaired) electrons. The van der Waals surface area contributed by atoms with E-state index in [9.17, 15) is 0 Å². The molecule has 0 aromatic heterocycles. The van der Waals surface area contributed by atoms with Crippen molar-refractivity contribution in [3.8, 4) is 11.5 Å². The zero-order chi connectivity index (χ0) is 14.4. The van der Waals surface area contributed by atoms with Crippen molar-refractivity contribution in [2.45, 2.75) is 10.6 Å². The van der Waals surface area contributed by atoms with Crippen LogP contribution in [0.25, 0.3) is 0 Å². The van der Waals surface area contributed by atoms with Crippen molar-refractivity contribution in [1.29, 1.82) is 0 Å². The lowest BCUT2D eigenvalue weighted by molar-refractivity contribution is 0.0193. The van der Waals surface area contributed by atoms with Crippen LogP contribution in [-0.4, -0.2) is 18.2 Å². The molecule has 0 aliphatic carbocycles. The predicted octanol–water partition coefficient (Wildman–Crippen LogP) is 3.98. The first-order valence-electron chi connectivity index (χ1n) is 6.80. The maximum atomic E-state index is 6.09. The van der Waals surface area contributed by atoms with Gasteiger partial charge in [-0.3, -0.25) is 5.32 Å². The summed E-state index contributed by atoms with van der Waals surface area (Å²) in [5, 5.41) is 3.53. The summed E-state index contributed by atoms with van der Waals surface area (Å²) in [5.41, 5.74) is 1.82. The minimum atomic E-state index is -0.413. The number of alkyl halides is 1. The van der Waals surface area contributed by atoms with Crippen LogP contribution < -0.4 is 10.1 Å². The first-order valence-corrected chi connectivity index (χ1v) is 8.79. The molecule has 108 valence electrons. The van der Waals surface area contributed by atoms with E-state index in [1.165, 1.54) is 3.57 Å². The molecule has 21 heavy (non-hydrogen) atoms. The van der Waals surface area contributed by atoms with Crippen molar-refractivity contribution in [2.24, 2.45) is 0 Å². The van der Waals surface area contributed by atoms with Crippen LogP contribution in [0, 0.1) is 3.57 Å². The van der Waals surface area contributed by atoms with E-state index < -0.39 is 5.54 Å². The molecule has 1 fully saturated rings. The Morgan fingerprint density at radius 3 is 2.81 bits per heavy atom. The van der Waals surface area contributed by atoms with Crippen molar-refractivity contribution in [2.75, 3.05) is 13.2 Å². The third-order valence-corrected chi connectivity index (χ3v) is 5.63. The van der Waals surface area contributed by atoms with E-state index in [0.717, 1.165) is 29.2 Å². The molecule has 1 N–H and O–H groups in total. The quantitative estimate of drug-likeness (QED) is 0.479. The number of hydrogen-bond acceptors (Lipinski definition) is 3. The molecule has 0 bridgehead atoms.